The van der Waals surface area contributed by atoms with Crippen LogP contribution < -0.4 is 0 Å². The van der Waals surface area contributed by atoms with Gasteiger partial charge in [-0.25, -0.2) is 0 Å². The molecule has 2 bridgehead atoms. The Kier molecular flexibility index (Phi) is 2.38. The summed E-state index contributed by atoms with van der Waals surface area (Å²) in [6, 6.07) is 0. The topological polar surface area (TPSA) is 9.23 Å². The van der Waals surface area contributed by atoms with Crippen molar-refractivity contribution in [1.29, 1.82) is 0 Å². The number of hydrogen-bond donors (Lipinski definition) is 0. The monoisotopic (exact) mass is 174 g/mol. The summed E-state index contributed by atoms with van der Waals surface area (Å²) < 4.78 is 5.65. The van der Waals surface area contributed by atoms with E-state index in [2.05, 4.69) is 0 Å². The Labute approximate surface area is 73.1 Å². The van der Waals surface area contributed by atoms with Crippen molar-refractivity contribution in [2.24, 2.45) is 11.8 Å². The van der Waals surface area contributed by atoms with Gasteiger partial charge < -0.3 is 4.74 Å². The SMILES string of the molecule is ClCCO[C@H]1C[C@H]2CC[C@H]1C2. The van der Waals surface area contributed by atoms with E-state index in [1.54, 1.807) is 0 Å². The van der Waals surface area contributed by atoms with Gasteiger partial charge in [-0.2, -0.15) is 0 Å². The second-order valence-electron chi connectivity index (χ2n) is 3.77. The molecule has 11 heavy (non-hydrogen) atoms. The van der Waals surface area contributed by atoms with Gasteiger partial charge in [0.15, 0.2) is 0 Å². The number of halogens is 1. The molecule has 0 heterocycles. The van der Waals surface area contributed by atoms with Crippen LogP contribution in [0.2, 0.25) is 0 Å². The Morgan fingerprint density at radius 2 is 2.18 bits per heavy atom. The zero-order chi connectivity index (χ0) is 7.68. The molecule has 0 amide bonds. The van der Waals surface area contributed by atoms with E-state index in [9.17, 15) is 0 Å². The highest BCUT2D eigenvalue weighted by Gasteiger charge is 2.39. The van der Waals surface area contributed by atoms with Crippen LogP contribution in [0.5, 0.6) is 0 Å². The second kappa shape index (κ2) is 3.32. The predicted octanol–water partition coefficient (Wildman–Crippen LogP) is 2.43. The number of fused-ring (bicyclic) bond motifs is 2. The molecule has 2 aliphatic carbocycles. The molecule has 0 spiro atoms. The van der Waals surface area contributed by atoms with Gasteiger partial charge in [0, 0.05) is 5.88 Å². The summed E-state index contributed by atoms with van der Waals surface area (Å²) in [5, 5.41) is 0. The summed E-state index contributed by atoms with van der Waals surface area (Å²) in [6.07, 6.45) is 6.14. The Balaban J connectivity index is 1.78. The van der Waals surface area contributed by atoms with Gasteiger partial charge in [0.05, 0.1) is 12.7 Å². The van der Waals surface area contributed by atoms with E-state index >= 15 is 0 Å². The number of alkyl halides is 1. The molecule has 0 unspecified atom stereocenters. The molecule has 2 rings (SSSR count). The van der Waals surface area contributed by atoms with Crippen molar-refractivity contribution in [3.63, 3.8) is 0 Å². The summed E-state index contributed by atoms with van der Waals surface area (Å²) >= 11 is 5.56. The fraction of sp³-hybridized carbons (Fsp3) is 1.00. The lowest BCUT2D eigenvalue weighted by Crippen LogP contribution is -2.21. The summed E-state index contributed by atoms with van der Waals surface area (Å²) in [4.78, 5) is 0. The minimum Gasteiger partial charge on any atom is -0.377 e. The first-order valence-corrected chi connectivity index (χ1v) is 5.11. The fourth-order valence-electron chi connectivity index (χ4n) is 2.59. The largest absolute Gasteiger partial charge is 0.377 e. The van der Waals surface area contributed by atoms with Crippen LogP contribution in [0, 0.1) is 11.8 Å². The van der Waals surface area contributed by atoms with E-state index in [-0.39, 0.29) is 0 Å². The number of hydrogen-bond acceptors (Lipinski definition) is 1. The lowest BCUT2D eigenvalue weighted by Gasteiger charge is -2.21. The van der Waals surface area contributed by atoms with E-state index in [0.717, 1.165) is 18.4 Å². The van der Waals surface area contributed by atoms with Crippen molar-refractivity contribution >= 4 is 11.6 Å². The Hall–Kier alpha value is 0.250. The lowest BCUT2D eigenvalue weighted by molar-refractivity contribution is 0.0256. The Bertz CT molecular complexity index is 138. The zero-order valence-electron chi connectivity index (χ0n) is 6.76. The van der Waals surface area contributed by atoms with Crippen molar-refractivity contribution in [3.05, 3.63) is 0 Å². The maximum Gasteiger partial charge on any atom is 0.0606 e. The van der Waals surface area contributed by atoms with Crippen LogP contribution in [0.3, 0.4) is 0 Å². The van der Waals surface area contributed by atoms with Gasteiger partial charge in [0.1, 0.15) is 0 Å². The van der Waals surface area contributed by atoms with Crippen molar-refractivity contribution in [1.82, 2.24) is 0 Å². The molecular weight excluding hydrogens is 160 g/mol. The van der Waals surface area contributed by atoms with Gasteiger partial charge >= 0.3 is 0 Å². The zero-order valence-corrected chi connectivity index (χ0v) is 7.52. The van der Waals surface area contributed by atoms with Crippen LogP contribution in [-0.4, -0.2) is 18.6 Å². The van der Waals surface area contributed by atoms with Crippen LogP contribution in [0.4, 0.5) is 0 Å². The number of rotatable bonds is 3. The molecule has 0 aromatic carbocycles. The average molecular weight is 175 g/mol. The van der Waals surface area contributed by atoms with E-state index in [0.29, 0.717) is 12.0 Å². The van der Waals surface area contributed by atoms with Gasteiger partial charge in [-0.1, -0.05) is 0 Å². The molecule has 0 radical (unpaired) electrons. The van der Waals surface area contributed by atoms with Gasteiger partial charge in [-0.3, -0.25) is 0 Å². The average Bonchev–Trinajstić information content (AvgIpc) is 2.60. The molecular formula is C9H15ClO. The molecule has 2 fully saturated rings. The maximum atomic E-state index is 5.65. The lowest BCUT2D eigenvalue weighted by atomic mass is 9.98. The van der Waals surface area contributed by atoms with Crippen LogP contribution in [0.15, 0.2) is 0 Å². The summed E-state index contributed by atoms with van der Waals surface area (Å²) in [7, 11) is 0. The maximum absolute atomic E-state index is 5.65. The standard InChI is InChI=1S/C9H15ClO/c10-3-4-11-9-6-7-1-2-8(9)5-7/h7-9H,1-6H2/t7-,8-,9-/m0/s1. The van der Waals surface area contributed by atoms with Crippen molar-refractivity contribution in [2.45, 2.75) is 31.8 Å². The normalized spacial score (nSPS) is 41.7. The highest BCUT2D eigenvalue weighted by molar-refractivity contribution is 6.17. The second-order valence-corrected chi connectivity index (χ2v) is 4.15. The molecule has 64 valence electrons. The molecule has 2 aliphatic rings. The molecule has 0 N–H and O–H groups in total. The van der Waals surface area contributed by atoms with Crippen LogP contribution >= 0.6 is 11.6 Å². The first-order valence-electron chi connectivity index (χ1n) is 4.57. The third kappa shape index (κ3) is 1.54. The van der Waals surface area contributed by atoms with Crippen LogP contribution in [0.1, 0.15) is 25.7 Å². The minimum atomic E-state index is 0.562. The van der Waals surface area contributed by atoms with Gasteiger partial charge in [0.25, 0.3) is 0 Å². The van der Waals surface area contributed by atoms with Crippen LogP contribution in [0.25, 0.3) is 0 Å². The minimum absolute atomic E-state index is 0.562. The quantitative estimate of drug-likeness (QED) is 0.598. The van der Waals surface area contributed by atoms with Gasteiger partial charge in [0.2, 0.25) is 0 Å². The smallest absolute Gasteiger partial charge is 0.0606 e. The third-order valence-corrected chi connectivity index (χ3v) is 3.24. The molecule has 2 heteroatoms. The molecule has 0 aliphatic heterocycles. The highest BCUT2D eigenvalue weighted by Crippen LogP contribution is 2.45. The van der Waals surface area contributed by atoms with Crippen molar-refractivity contribution < 1.29 is 4.74 Å². The van der Waals surface area contributed by atoms with E-state index in [1.807, 2.05) is 0 Å². The Morgan fingerprint density at radius 1 is 1.27 bits per heavy atom. The summed E-state index contributed by atoms with van der Waals surface area (Å²) in [5.74, 6) is 2.51. The molecule has 0 saturated heterocycles. The van der Waals surface area contributed by atoms with Gasteiger partial charge in [-0.15, -0.1) is 11.6 Å². The molecule has 0 aromatic heterocycles. The van der Waals surface area contributed by atoms with E-state index in [4.69, 9.17) is 16.3 Å². The highest BCUT2D eigenvalue weighted by atomic mass is 35.5. The summed E-state index contributed by atoms with van der Waals surface area (Å²) in [5.41, 5.74) is 0. The first kappa shape index (κ1) is 7.88. The van der Waals surface area contributed by atoms with E-state index < -0.39 is 0 Å². The molecule has 1 nitrogen and oxygen atoms in total. The van der Waals surface area contributed by atoms with Crippen LogP contribution in [-0.2, 0) is 4.74 Å². The predicted molar refractivity (Wildman–Crippen MR) is 45.9 cm³/mol. The summed E-state index contributed by atoms with van der Waals surface area (Å²) in [6.45, 7) is 0.745. The van der Waals surface area contributed by atoms with E-state index in [1.165, 1.54) is 25.7 Å². The molecule has 3 atom stereocenters. The number of ether oxygens (including phenoxy) is 1. The Morgan fingerprint density at radius 3 is 2.73 bits per heavy atom. The third-order valence-electron chi connectivity index (χ3n) is 3.08. The first-order chi connectivity index (χ1) is 5.40. The van der Waals surface area contributed by atoms with Gasteiger partial charge in [-0.05, 0) is 37.5 Å². The molecule has 2 saturated carbocycles. The fourth-order valence-corrected chi connectivity index (χ4v) is 2.68. The van der Waals surface area contributed by atoms with Crippen molar-refractivity contribution in [2.75, 3.05) is 12.5 Å². The molecule has 0 aromatic rings. The van der Waals surface area contributed by atoms with Crippen molar-refractivity contribution in [3.8, 4) is 0 Å².